The maximum absolute atomic E-state index is 11.8. The fourth-order valence-electron chi connectivity index (χ4n) is 2.79. The number of nitrogens with one attached hydrogen (secondary N) is 1. The SMILES string of the molecule is N#Cc1cccc(-c2ccc(C[C@H](CC(=O)O)NC(=O)CCC(=O)O)cc2)c1. The molecule has 7 heteroatoms. The Hall–Kier alpha value is -3.66. The highest BCUT2D eigenvalue weighted by Crippen LogP contribution is 2.21. The van der Waals surface area contributed by atoms with E-state index in [0.29, 0.717) is 12.0 Å². The summed E-state index contributed by atoms with van der Waals surface area (Å²) in [5.74, 6) is -2.62. The van der Waals surface area contributed by atoms with E-state index in [1.165, 1.54) is 0 Å². The maximum Gasteiger partial charge on any atom is 0.305 e. The predicted molar refractivity (Wildman–Crippen MR) is 101 cm³/mol. The van der Waals surface area contributed by atoms with E-state index in [0.717, 1.165) is 16.7 Å². The number of carboxylic acids is 2. The molecule has 28 heavy (non-hydrogen) atoms. The average molecular weight is 380 g/mol. The molecule has 144 valence electrons. The number of carbonyl (C=O) groups is 3. The van der Waals surface area contributed by atoms with Crippen LogP contribution in [0.25, 0.3) is 11.1 Å². The molecule has 0 unspecified atom stereocenters. The highest BCUT2D eigenvalue weighted by molar-refractivity contribution is 5.81. The Morgan fingerprint density at radius 2 is 1.68 bits per heavy atom. The number of hydrogen-bond donors (Lipinski definition) is 3. The standard InChI is InChI=1S/C21H20N2O5/c22-13-15-2-1-3-17(10-15)16-6-4-14(5-7-16)11-18(12-21(27)28)23-19(24)8-9-20(25)26/h1-7,10,18H,8-9,11-12H2,(H,23,24)(H,25,26)(H,27,28)/t18-/m1/s1. The van der Waals surface area contributed by atoms with E-state index in [9.17, 15) is 14.4 Å². The third-order valence-corrected chi connectivity index (χ3v) is 4.11. The van der Waals surface area contributed by atoms with Crippen LogP contribution >= 0.6 is 0 Å². The Morgan fingerprint density at radius 1 is 0.964 bits per heavy atom. The van der Waals surface area contributed by atoms with Crippen LogP contribution in [0.2, 0.25) is 0 Å². The molecule has 1 amide bonds. The molecule has 0 heterocycles. The van der Waals surface area contributed by atoms with Crippen molar-refractivity contribution >= 4 is 17.8 Å². The lowest BCUT2D eigenvalue weighted by Gasteiger charge is -2.17. The molecular weight excluding hydrogens is 360 g/mol. The number of rotatable bonds is 9. The lowest BCUT2D eigenvalue weighted by molar-refractivity contribution is -0.140. The van der Waals surface area contributed by atoms with Crippen LogP contribution in [-0.4, -0.2) is 34.1 Å². The fourth-order valence-corrected chi connectivity index (χ4v) is 2.79. The van der Waals surface area contributed by atoms with Gasteiger partial charge >= 0.3 is 11.9 Å². The summed E-state index contributed by atoms with van der Waals surface area (Å²) in [7, 11) is 0. The number of carboxylic acid groups (broad SMARTS) is 2. The van der Waals surface area contributed by atoms with Crippen molar-refractivity contribution < 1.29 is 24.6 Å². The molecule has 0 bridgehead atoms. The molecule has 2 aromatic carbocycles. The van der Waals surface area contributed by atoms with Gasteiger partial charge in [-0.2, -0.15) is 5.26 Å². The number of nitriles is 1. The molecule has 0 aliphatic carbocycles. The minimum absolute atomic E-state index is 0.195. The van der Waals surface area contributed by atoms with E-state index in [1.54, 1.807) is 18.2 Å². The summed E-state index contributed by atoms with van der Waals surface area (Å²) in [4.78, 5) is 33.5. The highest BCUT2D eigenvalue weighted by atomic mass is 16.4. The van der Waals surface area contributed by atoms with Crippen LogP contribution in [0.5, 0.6) is 0 Å². The van der Waals surface area contributed by atoms with Crippen molar-refractivity contribution in [2.45, 2.75) is 31.7 Å². The molecule has 0 fully saturated rings. The molecule has 0 saturated carbocycles. The number of carbonyl (C=O) groups excluding carboxylic acids is 1. The summed E-state index contributed by atoms with van der Waals surface area (Å²) in [6.07, 6.45) is -0.448. The van der Waals surface area contributed by atoms with Gasteiger partial charge in [-0.05, 0) is 35.2 Å². The first kappa shape index (κ1) is 20.6. The fraction of sp³-hybridized carbons (Fsp3) is 0.238. The van der Waals surface area contributed by atoms with Gasteiger partial charge in [0.05, 0.1) is 24.5 Å². The van der Waals surface area contributed by atoms with Crippen molar-refractivity contribution in [3.8, 4) is 17.2 Å². The summed E-state index contributed by atoms with van der Waals surface area (Å²) < 4.78 is 0. The van der Waals surface area contributed by atoms with Crippen LogP contribution in [0, 0.1) is 11.3 Å². The van der Waals surface area contributed by atoms with Gasteiger partial charge in [0, 0.05) is 12.5 Å². The Labute approximate surface area is 162 Å². The Morgan fingerprint density at radius 3 is 2.29 bits per heavy atom. The van der Waals surface area contributed by atoms with Gasteiger partial charge in [0.2, 0.25) is 5.91 Å². The van der Waals surface area contributed by atoms with Crippen molar-refractivity contribution in [3.63, 3.8) is 0 Å². The second-order valence-corrected chi connectivity index (χ2v) is 6.35. The van der Waals surface area contributed by atoms with E-state index in [4.69, 9.17) is 15.5 Å². The quantitative estimate of drug-likeness (QED) is 0.613. The molecule has 0 aromatic heterocycles. The lowest BCUT2D eigenvalue weighted by Crippen LogP contribution is -2.38. The molecule has 1 atom stereocenters. The molecule has 2 rings (SSSR count). The van der Waals surface area contributed by atoms with Gasteiger partial charge in [-0.15, -0.1) is 0 Å². The number of aliphatic carboxylic acids is 2. The topological polar surface area (TPSA) is 127 Å². The summed E-state index contributed by atoms with van der Waals surface area (Å²) in [5.41, 5.74) is 3.22. The van der Waals surface area contributed by atoms with Crippen molar-refractivity contribution in [1.82, 2.24) is 5.32 Å². The zero-order chi connectivity index (χ0) is 20.5. The Kier molecular flexibility index (Phi) is 7.28. The largest absolute Gasteiger partial charge is 0.481 e. The van der Waals surface area contributed by atoms with Crippen molar-refractivity contribution in [2.24, 2.45) is 0 Å². The Bertz CT molecular complexity index is 900. The van der Waals surface area contributed by atoms with Gasteiger partial charge < -0.3 is 15.5 Å². The molecule has 0 spiro atoms. The minimum Gasteiger partial charge on any atom is -0.481 e. The normalized spacial score (nSPS) is 11.2. The zero-order valence-corrected chi connectivity index (χ0v) is 15.1. The number of amides is 1. The first-order chi connectivity index (χ1) is 13.4. The van der Waals surface area contributed by atoms with Gasteiger partial charge in [-0.25, -0.2) is 0 Å². The van der Waals surface area contributed by atoms with E-state index in [2.05, 4.69) is 11.4 Å². The summed E-state index contributed by atoms with van der Waals surface area (Å²) in [5, 5.41) is 29.3. The first-order valence-electron chi connectivity index (χ1n) is 8.70. The number of benzene rings is 2. The molecule has 0 aliphatic rings. The molecule has 3 N–H and O–H groups in total. The van der Waals surface area contributed by atoms with Gasteiger partial charge in [-0.1, -0.05) is 36.4 Å². The predicted octanol–water partition coefficient (Wildman–Crippen LogP) is 2.59. The van der Waals surface area contributed by atoms with Crippen LogP contribution in [0.15, 0.2) is 48.5 Å². The second kappa shape index (κ2) is 9.88. The third kappa shape index (κ3) is 6.57. The van der Waals surface area contributed by atoms with E-state index in [1.807, 2.05) is 30.3 Å². The monoisotopic (exact) mass is 380 g/mol. The summed E-state index contributed by atoms with van der Waals surface area (Å²) in [6, 6.07) is 16.1. The average Bonchev–Trinajstić information content (AvgIpc) is 2.66. The van der Waals surface area contributed by atoms with Gasteiger partial charge in [0.15, 0.2) is 0 Å². The van der Waals surface area contributed by atoms with Crippen LogP contribution in [0.1, 0.15) is 30.4 Å². The second-order valence-electron chi connectivity index (χ2n) is 6.35. The van der Waals surface area contributed by atoms with E-state index in [-0.39, 0.29) is 19.3 Å². The smallest absolute Gasteiger partial charge is 0.305 e. The van der Waals surface area contributed by atoms with Gasteiger partial charge in [0.1, 0.15) is 0 Å². The number of hydrogen-bond acceptors (Lipinski definition) is 4. The molecule has 2 aromatic rings. The van der Waals surface area contributed by atoms with E-state index >= 15 is 0 Å². The van der Waals surface area contributed by atoms with Gasteiger partial charge in [-0.3, -0.25) is 14.4 Å². The van der Waals surface area contributed by atoms with Crippen LogP contribution in [0.3, 0.4) is 0 Å². The zero-order valence-electron chi connectivity index (χ0n) is 15.1. The highest BCUT2D eigenvalue weighted by Gasteiger charge is 2.17. The van der Waals surface area contributed by atoms with Crippen LogP contribution < -0.4 is 5.32 Å². The van der Waals surface area contributed by atoms with Crippen molar-refractivity contribution in [3.05, 3.63) is 59.7 Å². The Balaban J connectivity index is 2.07. The van der Waals surface area contributed by atoms with E-state index < -0.39 is 23.9 Å². The number of nitrogens with zero attached hydrogens (tertiary/aromatic N) is 1. The lowest BCUT2D eigenvalue weighted by atomic mass is 9.98. The van der Waals surface area contributed by atoms with Crippen LogP contribution in [-0.2, 0) is 20.8 Å². The minimum atomic E-state index is -1.08. The molecular formula is C21H20N2O5. The first-order valence-corrected chi connectivity index (χ1v) is 8.70. The third-order valence-electron chi connectivity index (χ3n) is 4.11. The molecule has 7 nitrogen and oxygen atoms in total. The summed E-state index contributed by atoms with van der Waals surface area (Å²) in [6.45, 7) is 0. The van der Waals surface area contributed by atoms with Crippen molar-refractivity contribution in [1.29, 1.82) is 5.26 Å². The molecule has 0 saturated heterocycles. The van der Waals surface area contributed by atoms with Crippen molar-refractivity contribution in [2.75, 3.05) is 0 Å². The van der Waals surface area contributed by atoms with Crippen LogP contribution in [0.4, 0.5) is 0 Å². The maximum atomic E-state index is 11.8. The molecule has 0 aliphatic heterocycles. The summed E-state index contributed by atoms with van der Waals surface area (Å²) >= 11 is 0. The van der Waals surface area contributed by atoms with Gasteiger partial charge in [0.25, 0.3) is 0 Å². The molecule has 0 radical (unpaired) electrons.